The van der Waals surface area contributed by atoms with Gasteiger partial charge in [-0.25, -0.2) is 8.42 Å². The average Bonchev–Trinajstić information content (AvgIpc) is 3.73. The van der Waals surface area contributed by atoms with Gasteiger partial charge >= 0.3 is 0 Å². The molecule has 0 aromatic heterocycles. The standard InChI is InChI=1S/C27H35N3O6S/c1-18-15-30(19(2)17-31)26(32)14-21-13-22(28-27(33)20-9-10-20)11-12-24(21)36-25(18)16-29(3)37(34,35)23-7-5-4-6-8-23/h4-8,11-13,18-20,25,31H,9-10,14-17H2,1-3H3,(H,28,33)/t18-,19+,25-/m0/s1. The van der Waals surface area contributed by atoms with Crippen molar-refractivity contribution in [3.8, 4) is 5.75 Å². The van der Waals surface area contributed by atoms with Crippen molar-refractivity contribution in [3.05, 3.63) is 54.1 Å². The van der Waals surface area contributed by atoms with Crippen LogP contribution in [0.5, 0.6) is 5.75 Å². The summed E-state index contributed by atoms with van der Waals surface area (Å²) in [5.41, 5.74) is 1.18. The number of benzene rings is 2. The number of rotatable bonds is 8. The minimum Gasteiger partial charge on any atom is -0.488 e. The number of fused-ring (bicyclic) bond motifs is 1. The first-order chi connectivity index (χ1) is 17.6. The number of aliphatic hydroxyl groups excluding tert-OH is 1. The van der Waals surface area contributed by atoms with E-state index < -0.39 is 22.2 Å². The van der Waals surface area contributed by atoms with Crippen LogP contribution in [0.25, 0.3) is 0 Å². The minimum atomic E-state index is -3.75. The van der Waals surface area contributed by atoms with Crippen molar-refractivity contribution in [2.75, 3.05) is 32.1 Å². The van der Waals surface area contributed by atoms with Gasteiger partial charge in [0.15, 0.2) is 0 Å². The number of likely N-dealkylation sites (N-methyl/N-ethyl adjacent to an activating group) is 1. The van der Waals surface area contributed by atoms with Gasteiger partial charge in [0, 0.05) is 36.7 Å². The van der Waals surface area contributed by atoms with E-state index in [0.29, 0.717) is 23.5 Å². The summed E-state index contributed by atoms with van der Waals surface area (Å²) in [4.78, 5) is 27.4. The Morgan fingerprint density at radius 2 is 1.92 bits per heavy atom. The van der Waals surface area contributed by atoms with Crippen molar-refractivity contribution in [2.24, 2.45) is 11.8 Å². The Balaban J connectivity index is 1.65. The van der Waals surface area contributed by atoms with E-state index >= 15 is 0 Å². The van der Waals surface area contributed by atoms with Gasteiger partial charge < -0.3 is 20.1 Å². The first-order valence-electron chi connectivity index (χ1n) is 12.6. The number of carbonyl (C=O) groups excluding carboxylic acids is 2. The molecule has 37 heavy (non-hydrogen) atoms. The van der Waals surface area contributed by atoms with E-state index in [9.17, 15) is 23.1 Å². The fourth-order valence-corrected chi connectivity index (χ4v) is 5.64. The molecule has 0 saturated heterocycles. The largest absolute Gasteiger partial charge is 0.488 e. The lowest BCUT2D eigenvalue weighted by Crippen LogP contribution is -2.48. The van der Waals surface area contributed by atoms with Crippen molar-refractivity contribution in [1.82, 2.24) is 9.21 Å². The molecular formula is C27H35N3O6S. The zero-order valence-corrected chi connectivity index (χ0v) is 22.3. The van der Waals surface area contributed by atoms with E-state index in [1.54, 1.807) is 60.4 Å². The molecule has 4 rings (SSSR count). The second kappa shape index (κ2) is 11.2. The maximum absolute atomic E-state index is 13.3. The van der Waals surface area contributed by atoms with Gasteiger partial charge in [0.25, 0.3) is 0 Å². The van der Waals surface area contributed by atoms with E-state index in [-0.39, 0.29) is 48.1 Å². The third kappa shape index (κ3) is 6.31. The number of anilines is 1. The second-order valence-electron chi connectivity index (χ2n) is 10.1. The number of sulfonamides is 1. The Morgan fingerprint density at radius 1 is 1.22 bits per heavy atom. The zero-order valence-electron chi connectivity index (χ0n) is 21.5. The molecule has 3 atom stereocenters. The number of hydrogen-bond acceptors (Lipinski definition) is 6. The SMILES string of the molecule is C[C@H](CO)N1C[C@H](C)[C@H](CN(C)S(=O)(=O)c2ccccc2)Oc2ccc(NC(=O)C3CC3)cc2CC1=O. The van der Waals surface area contributed by atoms with E-state index in [2.05, 4.69) is 5.32 Å². The van der Waals surface area contributed by atoms with Gasteiger partial charge in [0.2, 0.25) is 21.8 Å². The summed E-state index contributed by atoms with van der Waals surface area (Å²) in [6.07, 6.45) is 1.22. The van der Waals surface area contributed by atoms with Crippen molar-refractivity contribution in [1.29, 1.82) is 0 Å². The smallest absolute Gasteiger partial charge is 0.242 e. The Kier molecular flexibility index (Phi) is 8.20. The molecule has 1 heterocycles. The molecule has 0 spiro atoms. The molecule has 200 valence electrons. The number of hydrogen-bond donors (Lipinski definition) is 2. The molecule has 0 unspecified atom stereocenters. The van der Waals surface area contributed by atoms with E-state index in [4.69, 9.17) is 4.74 Å². The van der Waals surface area contributed by atoms with Gasteiger partial charge in [-0.15, -0.1) is 0 Å². The first-order valence-corrected chi connectivity index (χ1v) is 14.1. The van der Waals surface area contributed by atoms with Crippen LogP contribution in [0.1, 0.15) is 32.3 Å². The first kappa shape index (κ1) is 27.1. The molecule has 1 aliphatic heterocycles. The predicted molar refractivity (Wildman–Crippen MR) is 140 cm³/mol. The number of aliphatic hydroxyl groups is 1. The van der Waals surface area contributed by atoms with Crippen LogP contribution >= 0.6 is 0 Å². The highest BCUT2D eigenvalue weighted by Gasteiger charge is 2.34. The third-order valence-electron chi connectivity index (χ3n) is 7.02. The van der Waals surface area contributed by atoms with Crippen LogP contribution in [0.3, 0.4) is 0 Å². The summed E-state index contributed by atoms with van der Waals surface area (Å²) in [7, 11) is -2.24. The molecule has 0 bridgehead atoms. The highest BCUT2D eigenvalue weighted by Crippen LogP contribution is 2.32. The lowest BCUT2D eigenvalue weighted by molar-refractivity contribution is -0.134. The van der Waals surface area contributed by atoms with Crippen molar-refractivity contribution >= 4 is 27.5 Å². The van der Waals surface area contributed by atoms with E-state index in [1.807, 2.05) is 6.92 Å². The summed E-state index contributed by atoms with van der Waals surface area (Å²) < 4.78 is 34.1. The quantitative estimate of drug-likeness (QED) is 0.543. The Hall–Kier alpha value is -2.95. The number of amides is 2. The Bertz CT molecular complexity index is 1230. The van der Waals surface area contributed by atoms with Crippen LogP contribution < -0.4 is 10.1 Å². The number of carbonyl (C=O) groups is 2. The highest BCUT2D eigenvalue weighted by atomic mass is 32.2. The molecular weight excluding hydrogens is 494 g/mol. The lowest BCUT2D eigenvalue weighted by Gasteiger charge is -2.33. The summed E-state index contributed by atoms with van der Waals surface area (Å²) >= 11 is 0. The monoisotopic (exact) mass is 529 g/mol. The number of nitrogens with one attached hydrogen (secondary N) is 1. The summed E-state index contributed by atoms with van der Waals surface area (Å²) in [5.74, 6) is 0.0568. The van der Waals surface area contributed by atoms with Gasteiger partial charge in [0.1, 0.15) is 11.9 Å². The number of ether oxygens (including phenoxy) is 1. The molecule has 1 saturated carbocycles. The normalized spacial score (nSPS) is 21.3. The van der Waals surface area contributed by atoms with Crippen LogP contribution in [-0.2, 0) is 26.0 Å². The van der Waals surface area contributed by atoms with Gasteiger partial charge in [-0.3, -0.25) is 9.59 Å². The van der Waals surface area contributed by atoms with Gasteiger partial charge in [-0.2, -0.15) is 4.31 Å². The molecule has 2 N–H and O–H groups in total. The maximum Gasteiger partial charge on any atom is 0.242 e. The van der Waals surface area contributed by atoms with Crippen LogP contribution in [0, 0.1) is 11.8 Å². The summed E-state index contributed by atoms with van der Waals surface area (Å²) in [6, 6.07) is 13.0. The molecule has 2 aromatic rings. The predicted octanol–water partition coefficient (Wildman–Crippen LogP) is 2.50. The van der Waals surface area contributed by atoms with Gasteiger partial charge in [0.05, 0.1) is 30.5 Å². The van der Waals surface area contributed by atoms with Gasteiger partial charge in [-0.05, 0) is 50.1 Å². The zero-order chi connectivity index (χ0) is 26.7. The van der Waals surface area contributed by atoms with Crippen LogP contribution in [-0.4, -0.2) is 73.4 Å². The molecule has 2 amide bonds. The topological polar surface area (TPSA) is 116 Å². The average molecular weight is 530 g/mol. The molecule has 1 aliphatic carbocycles. The Morgan fingerprint density at radius 3 is 2.57 bits per heavy atom. The van der Waals surface area contributed by atoms with Crippen LogP contribution in [0.4, 0.5) is 5.69 Å². The number of nitrogens with zero attached hydrogens (tertiary/aromatic N) is 2. The summed E-state index contributed by atoms with van der Waals surface area (Å²) in [6.45, 7) is 3.85. The fourth-order valence-electron chi connectivity index (χ4n) is 4.44. The second-order valence-corrected chi connectivity index (χ2v) is 12.1. The molecule has 1 fully saturated rings. The Labute approximate surface area is 218 Å². The lowest BCUT2D eigenvalue weighted by atomic mass is 10.0. The highest BCUT2D eigenvalue weighted by molar-refractivity contribution is 7.89. The van der Waals surface area contributed by atoms with Crippen LogP contribution in [0.2, 0.25) is 0 Å². The van der Waals surface area contributed by atoms with Crippen molar-refractivity contribution < 1.29 is 27.9 Å². The molecule has 9 nitrogen and oxygen atoms in total. The third-order valence-corrected chi connectivity index (χ3v) is 8.86. The van der Waals surface area contributed by atoms with Crippen LogP contribution in [0.15, 0.2) is 53.4 Å². The molecule has 2 aromatic carbocycles. The fraction of sp³-hybridized carbons (Fsp3) is 0.481. The van der Waals surface area contributed by atoms with Crippen molar-refractivity contribution in [3.63, 3.8) is 0 Å². The minimum absolute atomic E-state index is 0.0321. The maximum atomic E-state index is 13.3. The molecule has 2 aliphatic rings. The molecule has 0 radical (unpaired) electrons. The van der Waals surface area contributed by atoms with Crippen molar-refractivity contribution in [2.45, 2.75) is 50.2 Å². The summed E-state index contributed by atoms with van der Waals surface area (Å²) in [5, 5.41) is 12.7. The van der Waals surface area contributed by atoms with E-state index in [0.717, 1.165) is 12.8 Å². The van der Waals surface area contributed by atoms with E-state index in [1.165, 1.54) is 11.4 Å². The van der Waals surface area contributed by atoms with Gasteiger partial charge in [-0.1, -0.05) is 25.1 Å². The molecule has 10 heteroatoms.